The standard InChI is InChI=1S/C18H14ClN3O3S/c19-12-3-8-16(20-10-12)22-17(23)11-26-14-6-4-13(5-7-14)21-18(24)15-2-1-9-25-15/h1-10H,11H2,(H,21,24)(H,20,22,23). The van der Waals surface area contributed by atoms with E-state index in [-0.39, 0.29) is 23.3 Å². The van der Waals surface area contributed by atoms with Crippen molar-refractivity contribution in [3.05, 3.63) is 71.8 Å². The van der Waals surface area contributed by atoms with E-state index in [0.717, 1.165) is 4.90 Å². The quantitative estimate of drug-likeness (QED) is 0.615. The van der Waals surface area contributed by atoms with Crippen LogP contribution in [0.25, 0.3) is 0 Å². The van der Waals surface area contributed by atoms with Crippen molar-refractivity contribution in [1.29, 1.82) is 0 Å². The zero-order chi connectivity index (χ0) is 18.4. The summed E-state index contributed by atoms with van der Waals surface area (Å²) in [6, 6.07) is 13.7. The summed E-state index contributed by atoms with van der Waals surface area (Å²) < 4.78 is 5.04. The number of carbonyl (C=O) groups excluding carboxylic acids is 2. The summed E-state index contributed by atoms with van der Waals surface area (Å²) >= 11 is 7.13. The third-order valence-corrected chi connectivity index (χ3v) is 4.46. The Morgan fingerprint density at radius 2 is 1.88 bits per heavy atom. The molecule has 0 aliphatic rings. The van der Waals surface area contributed by atoms with Gasteiger partial charge in [0.25, 0.3) is 5.91 Å². The third kappa shape index (κ3) is 5.11. The summed E-state index contributed by atoms with van der Waals surface area (Å²) in [5, 5.41) is 5.94. The van der Waals surface area contributed by atoms with Gasteiger partial charge in [-0.1, -0.05) is 11.6 Å². The summed E-state index contributed by atoms with van der Waals surface area (Å²) in [4.78, 5) is 28.8. The van der Waals surface area contributed by atoms with Gasteiger partial charge >= 0.3 is 0 Å². The molecule has 26 heavy (non-hydrogen) atoms. The first kappa shape index (κ1) is 18.0. The molecular weight excluding hydrogens is 374 g/mol. The SMILES string of the molecule is O=C(CSc1ccc(NC(=O)c2ccco2)cc1)Nc1ccc(Cl)cn1. The number of halogens is 1. The molecule has 0 aliphatic carbocycles. The normalized spacial score (nSPS) is 10.3. The van der Waals surface area contributed by atoms with E-state index in [1.54, 1.807) is 36.4 Å². The number of rotatable bonds is 6. The average molecular weight is 388 g/mol. The lowest BCUT2D eigenvalue weighted by Crippen LogP contribution is -2.14. The molecule has 0 aliphatic heterocycles. The maximum Gasteiger partial charge on any atom is 0.291 e. The molecule has 3 aromatic rings. The predicted octanol–water partition coefficient (Wildman–Crippen LogP) is 4.31. The first-order valence-corrected chi connectivity index (χ1v) is 8.95. The number of amides is 2. The monoisotopic (exact) mass is 387 g/mol. The minimum atomic E-state index is -0.315. The zero-order valence-corrected chi connectivity index (χ0v) is 15.0. The molecule has 0 atom stereocenters. The fourth-order valence-corrected chi connectivity index (χ4v) is 2.82. The van der Waals surface area contributed by atoms with Gasteiger partial charge < -0.3 is 15.1 Å². The van der Waals surface area contributed by atoms with Gasteiger partial charge in [0, 0.05) is 16.8 Å². The number of hydrogen-bond donors (Lipinski definition) is 2. The Morgan fingerprint density at radius 3 is 2.54 bits per heavy atom. The van der Waals surface area contributed by atoms with Crippen molar-refractivity contribution in [2.45, 2.75) is 4.90 Å². The van der Waals surface area contributed by atoms with Crippen LogP contribution in [0.3, 0.4) is 0 Å². The van der Waals surface area contributed by atoms with Gasteiger partial charge in [-0.05, 0) is 48.5 Å². The molecule has 132 valence electrons. The number of thioether (sulfide) groups is 1. The molecule has 2 heterocycles. The molecule has 0 saturated carbocycles. The van der Waals surface area contributed by atoms with Crippen LogP contribution in [0.4, 0.5) is 11.5 Å². The molecular formula is C18H14ClN3O3S. The molecule has 3 rings (SSSR count). The Bertz CT molecular complexity index is 881. The Kier molecular flexibility index (Phi) is 5.93. The largest absolute Gasteiger partial charge is 0.459 e. The topological polar surface area (TPSA) is 84.2 Å². The van der Waals surface area contributed by atoms with E-state index in [2.05, 4.69) is 15.6 Å². The maximum absolute atomic E-state index is 11.9. The van der Waals surface area contributed by atoms with Crippen molar-refractivity contribution < 1.29 is 14.0 Å². The molecule has 8 heteroatoms. The van der Waals surface area contributed by atoms with Gasteiger partial charge in [0.05, 0.1) is 17.0 Å². The molecule has 2 N–H and O–H groups in total. The zero-order valence-electron chi connectivity index (χ0n) is 13.4. The molecule has 0 spiro atoms. The van der Waals surface area contributed by atoms with Crippen LogP contribution in [0.1, 0.15) is 10.6 Å². The van der Waals surface area contributed by atoms with Crippen molar-refractivity contribution in [2.75, 3.05) is 16.4 Å². The van der Waals surface area contributed by atoms with E-state index in [4.69, 9.17) is 16.0 Å². The lowest BCUT2D eigenvalue weighted by atomic mass is 10.3. The molecule has 2 amide bonds. The van der Waals surface area contributed by atoms with E-state index in [9.17, 15) is 9.59 Å². The number of nitrogens with zero attached hydrogens (tertiary/aromatic N) is 1. The molecule has 0 saturated heterocycles. The van der Waals surface area contributed by atoms with Crippen LogP contribution in [-0.4, -0.2) is 22.6 Å². The lowest BCUT2D eigenvalue weighted by Gasteiger charge is -2.06. The maximum atomic E-state index is 11.9. The van der Waals surface area contributed by atoms with Gasteiger partial charge in [-0.3, -0.25) is 9.59 Å². The smallest absolute Gasteiger partial charge is 0.291 e. The summed E-state index contributed by atoms with van der Waals surface area (Å²) in [5.74, 6) is 0.458. The molecule has 0 bridgehead atoms. The van der Waals surface area contributed by atoms with Crippen molar-refractivity contribution >= 4 is 46.7 Å². The van der Waals surface area contributed by atoms with Crippen molar-refractivity contribution in [3.8, 4) is 0 Å². The third-order valence-electron chi connectivity index (χ3n) is 3.22. The molecule has 0 radical (unpaired) electrons. The number of pyridine rings is 1. The van der Waals surface area contributed by atoms with Crippen molar-refractivity contribution in [1.82, 2.24) is 4.98 Å². The molecule has 6 nitrogen and oxygen atoms in total. The molecule has 0 fully saturated rings. The summed E-state index contributed by atoms with van der Waals surface area (Å²) in [6.07, 6.45) is 2.92. The number of benzene rings is 1. The minimum Gasteiger partial charge on any atom is -0.459 e. The first-order chi connectivity index (χ1) is 12.6. The highest BCUT2D eigenvalue weighted by molar-refractivity contribution is 8.00. The second-order valence-electron chi connectivity index (χ2n) is 5.15. The molecule has 2 aromatic heterocycles. The van der Waals surface area contributed by atoms with Crippen LogP contribution in [0.2, 0.25) is 5.02 Å². The highest BCUT2D eigenvalue weighted by Gasteiger charge is 2.09. The van der Waals surface area contributed by atoms with Gasteiger partial charge in [-0.15, -0.1) is 11.8 Å². The van der Waals surface area contributed by atoms with Crippen LogP contribution in [0.5, 0.6) is 0 Å². The van der Waals surface area contributed by atoms with E-state index in [0.29, 0.717) is 16.5 Å². The number of hydrogen-bond acceptors (Lipinski definition) is 5. The van der Waals surface area contributed by atoms with Crippen LogP contribution < -0.4 is 10.6 Å². The Balaban J connectivity index is 1.48. The van der Waals surface area contributed by atoms with E-state index in [1.807, 2.05) is 12.1 Å². The van der Waals surface area contributed by atoms with Crippen LogP contribution >= 0.6 is 23.4 Å². The second-order valence-corrected chi connectivity index (χ2v) is 6.64. The average Bonchev–Trinajstić information content (AvgIpc) is 3.18. The van der Waals surface area contributed by atoms with Gasteiger partial charge in [-0.25, -0.2) is 4.98 Å². The van der Waals surface area contributed by atoms with Gasteiger partial charge in [0.2, 0.25) is 5.91 Å². The lowest BCUT2D eigenvalue weighted by molar-refractivity contribution is -0.113. The van der Waals surface area contributed by atoms with E-state index < -0.39 is 0 Å². The molecule has 0 unspecified atom stereocenters. The second kappa shape index (κ2) is 8.55. The van der Waals surface area contributed by atoms with Gasteiger partial charge in [0.1, 0.15) is 5.82 Å². The van der Waals surface area contributed by atoms with E-state index >= 15 is 0 Å². The molecule has 1 aromatic carbocycles. The number of nitrogens with one attached hydrogen (secondary N) is 2. The minimum absolute atomic E-state index is 0.167. The summed E-state index contributed by atoms with van der Waals surface area (Å²) in [6.45, 7) is 0. The Hall–Kier alpha value is -2.77. The Labute approximate surface area is 159 Å². The van der Waals surface area contributed by atoms with Crippen LogP contribution in [0, 0.1) is 0 Å². The fraction of sp³-hybridized carbons (Fsp3) is 0.0556. The first-order valence-electron chi connectivity index (χ1n) is 7.59. The van der Waals surface area contributed by atoms with E-state index in [1.165, 1.54) is 24.2 Å². The number of anilines is 2. The summed E-state index contributed by atoms with van der Waals surface area (Å²) in [5.41, 5.74) is 0.644. The highest BCUT2D eigenvalue weighted by Crippen LogP contribution is 2.21. The van der Waals surface area contributed by atoms with Crippen LogP contribution in [-0.2, 0) is 4.79 Å². The predicted molar refractivity (Wildman–Crippen MR) is 102 cm³/mol. The fourth-order valence-electron chi connectivity index (χ4n) is 2.01. The Morgan fingerprint density at radius 1 is 1.08 bits per heavy atom. The number of carbonyl (C=O) groups is 2. The van der Waals surface area contributed by atoms with Gasteiger partial charge in [0.15, 0.2) is 5.76 Å². The van der Waals surface area contributed by atoms with Crippen molar-refractivity contribution in [2.24, 2.45) is 0 Å². The van der Waals surface area contributed by atoms with Crippen molar-refractivity contribution in [3.63, 3.8) is 0 Å². The number of furan rings is 1. The van der Waals surface area contributed by atoms with Crippen LogP contribution in [0.15, 0.2) is 70.3 Å². The van der Waals surface area contributed by atoms with Gasteiger partial charge in [-0.2, -0.15) is 0 Å². The summed E-state index contributed by atoms with van der Waals surface area (Å²) in [7, 11) is 0. The highest BCUT2D eigenvalue weighted by atomic mass is 35.5. The number of aromatic nitrogens is 1.